The van der Waals surface area contributed by atoms with Crippen molar-refractivity contribution in [3.8, 4) is 0 Å². The van der Waals surface area contributed by atoms with Crippen LogP contribution in [0.5, 0.6) is 0 Å². The van der Waals surface area contributed by atoms with Crippen molar-refractivity contribution in [2.24, 2.45) is 5.73 Å². The van der Waals surface area contributed by atoms with E-state index in [0.717, 1.165) is 9.77 Å². The van der Waals surface area contributed by atoms with Gasteiger partial charge in [0.2, 0.25) is 5.91 Å². The van der Waals surface area contributed by atoms with Crippen LogP contribution in [-0.2, 0) is 16.1 Å². The lowest BCUT2D eigenvalue weighted by molar-refractivity contribution is -0.133. The Balaban J connectivity index is 2.09. The molecule has 1 atom stereocenters. The Morgan fingerprint density at radius 3 is 2.77 bits per heavy atom. The smallest absolute Gasteiger partial charge is 0.259 e. The van der Waals surface area contributed by atoms with E-state index in [1.807, 2.05) is 0 Å². The highest BCUT2D eigenvalue weighted by Gasteiger charge is 2.32. The fourth-order valence-electron chi connectivity index (χ4n) is 2.08. The van der Waals surface area contributed by atoms with E-state index in [-0.39, 0.29) is 17.9 Å². The van der Waals surface area contributed by atoms with E-state index in [9.17, 15) is 19.5 Å². The van der Waals surface area contributed by atoms with Crippen LogP contribution in [0.25, 0.3) is 0 Å². The normalized spacial score (nSPS) is 13.2. The number of aryl methyl sites for hydroxylation is 2. The number of nitrogens with one attached hydrogen (secondary N) is 1. The summed E-state index contributed by atoms with van der Waals surface area (Å²) in [5, 5.41) is 13.3. The van der Waals surface area contributed by atoms with Crippen LogP contribution >= 0.6 is 23.1 Å². The number of aliphatic hydroxyl groups is 1. The van der Waals surface area contributed by atoms with Gasteiger partial charge in [-0.25, -0.2) is 4.98 Å². The van der Waals surface area contributed by atoms with Crippen molar-refractivity contribution >= 4 is 40.0 Å². The largest absolute Gasteiger partial charge is 0.378 e. The monoisotopic (exact) mass is 396 g/mol. The zero-order valence-corrected chi connectivity index (χ0v) is 16.2. The number of thioether (sulfide) groups is 1. The number of hydrogen-bond donors (Lipinski definition) is 3. The fraction of sp³-hybridized carbons (Fsp3) is 0.375. The van der Waals surface area contributed by atoms with Gasteiger partial charge in [-0.1, -0.05) is 11.3 Å². The van der Waals surface area contributed by atoms with Gasteiger partial charge in [0.25, 0.3) is 11.5 Å². The molecule has 2 aromatic rings. The molecule has 0 saturated heterocycles. The van der Waals surface area contributed by atoms with Gasteiger partial charge in [0.1, 0.15) is 0 Å². The van der Waals surface area contributed by atoms with E-state index < -0.39 is 17.4 Å². The summed E-state index contributed by atoms with van der Waals surface area (Å²) in [6.07, 6.45) is 1.53. The lowest BCUT2D eigenvalue weighted by Gasteiger charge is -2.22. The van der Waals surface area contributed by atoms with Crippen molar-refractivity contribution in [1.29, 1.82) is 0 Å². The molecule has 0 aliphatic rings. The number of hydrogen-bond acceptors (Lipinski definition) is 7. The Morgan fingerprint density at radius 2 is 2.15 bits per heavy atom. The third kappa shape index (κ3) is 5.16. The number of nitrogens with two attached hydrogens (primary N) is 1. The maximum absolute atomic E-state index is 12.4. The average Bonchev–Trinajstić information content (AvgIpc) is 2.87. The summed E-state index contributed by atoms with van der Waals surface area (Å²) in [7, 11) is 0. The molecule has 0 aliphatic heterocycles. The fourth-order valence-corrected chi connectivity index (χ4v) is 3.95. The topological polar surface area (TPSA) is 127 Å². The second-order valence-electron chi connectivity index (χ2n) is 6.05. The van der Waals surface area contributed by atoms with Crippen LogP contribution in [0.4, 0.5) is 5.13 Å². The van der Waals surface area contributed by atoms with Gasteiger partial charge in [0, 0.05) is 12.3 Å². The minimum absolute atomic E-state index is 0.116. The lowest BCUT2D eigenvalue weighted by atomic mass is 10.1. The van der Waals surface area contributed by atoms with Crippen molar-refractivity contribution in [3.05, 3.63) is 39.9 Å². The molecule has 0 fully saturated rings. The number of rotatable bonds is 7. The van der Waals surface area contributed by atoms with Crippen LogP contribution in [0.3, 0.4) is 0 Å². The molecule has 26 heavy (non-hydrogen) atoms. The van der Waals surface area contributed by atoms with E-state index in [1.165, 1.54) is 46.9 Å². The molecular weight excluding hydrogens is 376 g/mol. The number of carbonyl (C=O) groups excluding carboxylic acids is 2. The number of thiazole rings is 1. The molecule has 4 N–H and O–H groups in total. The van der Waals surface area contributed by atoms with Crippen LogP contribution in [-0.4, -0.2) is 37.8 Å². The standard InChI is InChI=1S/C16H20N4O4S2/c1-9-4-5-20(12(22)6-9)8-16(3,24)14(23)19-15-18-10(2)13(26-15)25-7-11(17)21/h4-6,24H,7-8H2,1-3H3,(H2,17,21)(H,18,19,23). The highest BCUT2D eigenvalue weighted by molar-refractivity contribution is 8.01. The first kappa shape index (κ1) is 20.1. The number of aromatic nitrogens is 2. The van der Waals surface area contributed by atoms with Gasteiger partial charge in [-0.15, -0.1) is 11.8 Å². The number of pyridine rings is 1. The minimum atomic E-state index is -1.81. The Bertz CT molecular complexity index is 889. The molecule has 2 rings (SSSR count). The summed E-state index contributed by atoms with van der Waals surface area (Å²) in [4.78, 5) is 39.4. The van der Waals surface area contributed by atoms with E-state index >= 15 is 0 Å². The predicted molar refractivity (Wildman–Crippen MR) is 101 cm³/mol. The highest BCUT2D eigenvalue weighted by Crippen LogP contribution is 2.32. The van der Waals surface area contributed by atoms with Gasteiger partial charge in [-0.2, -0.15) is 0 Å². The van der Waals surface area contributed by atoms with E-state index in [2.05, 4.69) is 10.3 Å². The second-order valence-corrected chi connectivity index (χ2v) is 8.29. The van der Waals surface area contributed by atoms with Crippen molar-refractivity contribution in [3.63, 3.8) is 0 Å². The van der Waals surface area contributed by atoms with Gasteiger partial charge in [-0.3, -0.25) is 19.7 Å². The lowest BCUT2D eigenvalue weighted by Crippen LogP contribution is -2.45. The summed E-state index contributed by atoms with van der Waals surface area (Å²) in [5.41, 5.74) is 4.48. The Hall–Kier alpha value is -2.17. The second kappa shape index (κ2) is 8.02. The summed E-state index contributed by atoms with van der Waals surface area (Å²) < 4.78 is 2.03. The van der Waals surface area contributed by atoms with Gasteiger partial charge in [-0.05, 0) is 32.4 Å². The molecule has 2 heterocycles. The molecule has 0 spiro atoms. The van der Waals surface area contributed by atoms with Gasteiger partial charge in [0.15, 0.2) is 10.7 Å². The molecule has 2 aromatic heterocycles. The maximum atomic E-state index is 12.4. The summed E-state index contributed by atoms with van der Waals surface area (Å²) in [6.45, 7) is 4.68. The van der Waals surface area contributed by atoms with Gasteiger partial charge in [0.05, 0.1) is 22.2 Å². The van der Waals surface area contributed by atoms with Crippen molar-refractivity contribution in [1.82, 2.24) is 9.55 Å². The number of carbonyl (C=O) groups is 2. The molecule has 2 amide bonds. The number of primary amides is 1. The van der Waals surface area contributed by atoms with Crippen molar-refractivity contribution < 1.29 is 14.7 Å². The van der Waals surface area contributed by atoms with Crippen LogP contribution in [0.1, 0.15) is 18.2 Å². The first-order valence-corrected chi connectivity index (χ1v) is 9.48. The summed E-state index contributed by atoms with van der Waals surface area (Å²) in [5.74, 6) is -1.00. The Kier molecular flexibility index (Phi) is 6.21. The molecule has 0 aliphatic carbocycles. The molecule has 0 bridgehead atoms. The van der Waals surface area contributed by atoms with Crippen molar-refractivity contribution in [2.75, 3.05) is 11.1 Å². The zero-order chi connectivity index (χ0) is 19.5. The molecule has 8 nitrogen and oxygen atoms in total. The maximum Gasteiger partial charge on any atom is 0.259 e. The zero-order valence-electron chi connectivity index (χ0n) is 14.6. The third-order valence-corrected chi connectivity index (χ3v) is 5.90. The molecular formula is C16H20N4O4S2. The van der Waals surface area contributed by atoms with Crippen LogP contribution in [0.15, 0.2) is 27.3 Å². The Labute approximate surface area is 158 Å². The van der Waals surface area contributed by atoms with Gasteiger partial charge < -0.3 is 15.4 Å². The van der Waals surface area contributed by atoms with E-state index in [4.69, 9.17) is 5.73 Å². The molecule has 10 heteroatoms. The van der Waals surface area contributed by atoms with Crippen LogP contribution in [0, 0.1) is 13.8 Å². The van der Waals surface area contributed by atoms with E-state index in [1.54, 1.807) is 19.9 Å². The molecule has 1 unspecified atom stereocenters. The quantitative estimate of drug-likeness (QED) is 0.597. The van der Waals surface area contributed by atoms with Gasteiger partial charge >= 0.3 is 0 Å². The predicted octanol–water partition coefficient (Wildman–Crippen LogP) is 0.889. The average molecular weight is 396 g/mol. The van der Waals surface area contributed by atoms with E-state index in [0.29, 0.717) is 10.8 Å². The summed E-state index contributed by atoms with van der Waals surface area (Å²) >= 11 is 2.43. The van der Waals surface area contributed by atoms with Crippen LogP contribution in [0.2, 0.25) is 0 Å². The molecule has 0 aromatic carbocycles. The first-order valence-electron chi connectivity index (χ1n) is 7.68. The number of amides is 2. The Morgan fingerprint density at radius 1 is 1.46 bits per heavy atom. The van der Waals surface area contributed by atoms with Crippen molar-refractivity contribution in [2.45, 2.75) is 37.1 Å². The molecule has 0 radical (unpaired) electrons. The summed E-state index contributed by atoms with van der Waals surface area (Å²) in [6, 6.07) is 3.15. The first-order chi connectivity index (χ1) is 12.1. The molecule has 0 saturated carbocycles. The highest BCUT2D eigenvalue weighted by atomic mass is 32.2. The SMILES string of the molecule is Cc1ccn(CC(C)(O)C(=O)Nc2nc(C)c(SCC(N)=O)s2)c(=O)c1. The number of nitrogens with zero attached hydrogens (tertiary/aromatic N) is 2. The minimum Gasteiger partial charge on any atom is -0.378 e. The third-order valence-electron chi connectivity index (χ3n) is 3.44. The molecule has 140 valence electrons. The number of anilines is 1. The van der Waals surface area contributed by atoms with Crippen LogP contribution < -0.4 is 16.6 Å².